The first-order chi connectivity index (χ1) is 14.7. The SMILES string of the molecule is Fc1ccc(Br)cc1-c1ccc(OCc2ccccc2)nc1OCc1ccccc1. The molecule has 150 valence electrons. The van der Waals surface area contributed by atoms with Crippen LogP contribution in [-0.2, 0) is 13.2 Å². The Labute approximate surface area is 183 Å². The summed E-state index contributed by atoms with van der Waals surface area (Å²) in [6.07, 6.45) is 0. The number of ether oxygens (including phenoxy) is 2. The third-order valence-electron chi connectivity index (χ3n) is 4.50. The van der Waals surface area contributed by atoms with Crippen LogP contribution in [0.5, 0.6) is 11.8 Å². The molecule has 4 rings (SSSR count). The van der Waals surface area contributed by atoms with Gasteiger partial charge >= 0.3 is 0 Å². The molecule has 0 radical (unpaired) electrons. The zero-order valence-electron chi connectivity index (χ0n) is 16.1. The van der Waals surface area contributed by atoms with E-state index in [1.54, 1.807) is 24.3 Å². The molecule has 0 fully saturated rings. The number of benzene rings is 3. The van der Waals surface area contributed by atoms with Crippen molar-refractivity contribution < 1.29 is 13.9 Å². The van der Waals surface area contributed by atoms with Crippen LogP contribution in [0.25, 0.3) is 11.1 Å². The highest BCUT2D eigenvalue weighted by atomic mass is 79.9. The molecular weight excluding hydrogens is 445 g/mol. The van der Waals surface area contributed by atoms with Gasteiger partial charge in [-0.25, -0.2) is 4.39 Å². The predicted molar refractivity (Wildman–Crippen MR) is 119 cm³/mol. The Bertz CT molecular complexity index is 1120. The maximum absolute atomic E-state index is 14.5. The first kappa shape index (κ1) is 20.1. The third kappa shape index (κ3) is 5.05. The monoisotopic (exact) mass is 463 g/mol. The highest BCUT2D eigenvalue weighted by Gasteiger charge is 2.15. The number of rotatable bonds is 7. The topological polar surface area (TPSA) is 31.4 Å². The van der Waals surface area contributed by atoms with Crippen molar-refractivity contribution in [1.29, 1.82) is 0 Å². The average molecular weight is 464 g/mol. The molecule has 0 saturated heterocycles. The summed E-state index contributed by atoms with van der Waals surface area (Å²) in [4.78, 5) is 4.52. The summed E-state index contributed by atoms with van der Waals surface area (Å²) < 4.78 is 27.1. The molecule has 1 heterocycles. The molecule has 0 amide bonds. The minimum absolute atomic E-state index is 0.318. The minimum Gasteiger partial charge on any atom is -0.473 e. The van der Waals surface area contributed by atoms with E-state index in [-0.39, 0.29) is 5.82 Å². The summed E-state index contributed by atoms with van der Waals surface area (Å²) in [6.45, 7) is 0.704. The molecule has 0 N–H and O–H groups in total. The standard InChI is InChI=1S/C25H19BrFNO2/c26-20-11-13-23(27)22(15-20)21-12-14-24(29-16-18-7-3-1-4-8-18)28-25(21)30-17-19-9-5-2-6-10-19/h1-15H,16-17H2. The molecule has 0 saturated carbocycles. The Kier molecular flexibility index (Phi) is 6.40. The van der Waals surface area contributed by atoms with Crippen molar-refractivity contribution in [2.45, 2.75) is 13.2 Å². The second-order valence-electron chi connectivity index (χ2n) is 6.67. The molecule has 3 aromatic carbocycles. The number of pyridine rings is 1. The normalized spacial score (nSPS) is 10.6. The lowest BCUT2D eigenvalue weighted by Gasteiger charge is -2.14. The van der Waals surface area contributed by atoms with Gasteiger partial charge in [-0.05, 0) is 35.4 Å². The second kappa shape index (κ2) is 9.55. The van der Waals surface area contributed by atoms with Gasteiger partial charge in [-0.3, -0.25) is 0 Å². The fraction of sp³-hybridized carbons (Fsp3) is 0.0800. The molecule has 1 aromatic heterocycles. The number of hydrogen-bond donors (Lipinski definition) is 0. The molecule has 0 aliphatic rings. The summed E-state index contributed by atoms with van der Waals surface area (Å²) in [6, 6.07) is 27.9. The summed E-state index contributed by atoms with van der Waals surface area (Å²) in [5.41, 5.74) is 3.01. The van der Waals surface area contributed by atoms with E-state index in [1.165, 1.54) is 6.07 Å². The maximum Gasteiger partial charge on any atom is 0.225 e. The van der Waals surface area contributed by atoms with Crippen LogP contribution in [0, 0.1) is 5.82 Å². The van der Waals surface area contributed by atoms with E-state index < -0.39 is 0 Å². The van der Waals surface area contributed by atoms with Gasteiger partial charge in [-0.2, -0.15) is 4.98 Å². The zero-order chi connectivity index (χ0) is 20.8. The largest absolute Gasteiger partial charge is 0.473 e. The molecule has 0 aliphatic carbocycles. The molecule has 0 aliphatic heterocycles. The van der Waals surface area contributed by atoms with Crippen LogP contribution in [0.1, 0.15) is 11.1 Å². The second-order valence-corrected chi connectivity index (χ2v) is 7.59. The zero-order valence-corrected chi connectivity index (χ0v) is 17.7. The van der Waals surface area contributed by atoms with Gasteiger partial charge in [0.1, 0.15) is 19.0 Å². The number of nitrogens with zero attached hydrogens (tertiary/aromatic N) is 1. The number of hydrogen-bond acceptors (Lipinski definition) is 3. The first-order valence-corrected chi connectivity index (χ1v) is 10.3. The quantitative estimate of drug-likeness (QED) is 0.301. The van der Waals surface area contributed by atoms with Crippen molar-refractivity contribution in [2.24, 2.45) is 0 Å². The van der Waals surface area contributed by atoms with Gasteiger partial charge in [0.15, 0.2) is 0 Å². The molecule has 4 aromatic rings. The third-order valence-corrected chi connectivity index (χ3v) is 4.99. The van der Waals surface area contributed by atoms with Gasteiger partial charge in [0.25, 0.3) is 0 Å². The van der Waals surface area contributed by atoms with Crippen LogP contribution in [0.4, 0.5) is 4.39 Å². The van der Waals surface area contributed by atoms with E-state index in [4.69, 9.17) is 9.47 Å². The summed E-state index contributed by atoms with van der Waals surface area (Å²) in [7, 11) is 0. The van der Waals surface area contributed by atoms with Crippen LogP contribution in [0.2, 0.25) is 0 Å². The molecule has 0 bridgehead atoms. The van der Waals surface area contributed by atoms with Crippen LogP contribution in [-0.4, -0.2) is 4.98 Å². The fourth-order valence-electron chi connectivity index (χ4n) is 2.98. The van der Waals surface area contributed by atoms with Gasteiger partial charge in [0.05, 0.1) is 0 Å². The van der Waals surface area contributed by atoms with E-state index in [0.717, 1.165) is 15.6 Å². The number of halogens is 2. The van der Waals surface area contributed by atoms with Gasteiger partial charge in [-0.1, -0.05) is 76.6 Å². The highest BCUT2D eigenvalue weighted by molar-refractivity contribution is 9.10. The molecule has 3 nitrogen and oxygen atoms in total. The van der Waals surface area contributed by atoms with Crippen molar-refractivity contribution in [3.05, 3.63) is 112 Å². The van der Waals surface area contributed by atoms with Crippen molar-refractivity contribution in [2.75, 3.05) is 0 Å². The predicted octanol–water partition coefficient (Wildman–Crippen LogP) is 6.81. The van der Waals surface area contributed by atoms with Gasteiger partial charge in [0, 0.05) is 21.7 Å². The lowest BCUT2D eigenvalue weighted by Crippen LogP contribution is -2.03. The number of aromatic nitrogens is 1. The smallest absolute Gasteiger partial charge is 0.225 e. The van der Waals surface area contributed by atoms with Gasteiger partial charge < -0.3 is 9.47 Å². The van der Waals surface area contributed by atoms with E-state index in [0.29, 0.717) is 36.1 Å². The molecular formula is C25H19BrFNO2. The molecule has 0 atom stereocenters. The lowest BCUT2D eigenvalue weighted by molar-refractivity contribution is 0.268. The van der Waals surface area contributed by atoms with E-state index in [1.807, 2.05) is 60.7 Å². The van der Waals surface area contributed by atoms with E-state index in [9.17, 15) is 4.39 Å². The minimum atomic E-state index is -0.345. The van der Waals surface area contributed by atoms with Gasteiger partial charge in [0.2, 0.25) is 11.8 Å². The first-order valence-electron chi connectivity index (χ1n) is 9.49. The molecule has 5 heteroatoms. The average Bonchev–Trinajstić information content (AvgIpc) is 2.79. The van der Waals surface area contributed by atoms with Crippen molar-refractivity contribution in [3.63, 3.8) is 0 Å². The van der Waals surface area contributed by atoms with Crippen LogP contribution in [0.15, 0.2) is 95.5 Å². The maximum atomic E-state index is 14.5. The molecule has 0 unspecified atom stereocenters. The highest BCUT2D eigenvalue weighted by Crippen LogP contribution is 2.34. The lowest BCUT2D eigenvalue weighted by atomic mass is 10.1. The Morgan fingerprint density at radius 1 is 0.700 bits per heavy atom. The summed E-state index contributed by atoms with van der Waals surface area (Å²) >= 11 is 3.41. The van der Waals surface area contributed by atoms with Crippen LogP contribution in [0.3, 0.4) is 0 Å². The molecule has 30 heavy (non-hydrogen) atoms. The Morgan fingerprint density at radius 2 is 1.33 bits per heavy atom. The van der Waals surface area contributed by atoms with E-state index in [2.05, 4.69) is 20.9 Å². The summed E-state index contributed by atoms with van der Waals surface area (Å²) in [5, 5.41) is 0. The Balaban J connectivity index is 1.63. The van der Waals surface area contributed by atoms with Crippen LogP contribution >= 0.6 is 15.9 Å². The Morgan fingerprint density at radius 3 is 2.00 bits per heavy atom. The molecule has 0 spiro atoms. The Hall–Kier alpha value is -3.18. The van der Waals surface area contributed by atoms with Crippen molar-refractivity contribution in [3.8, 4) is 22.9 Å². The van der Waals surface area contributed by atoms with Gasteiger partial charge in [-0.15, -0.1) is 0 Å². The van der Waals surface area contributed by atoms with Crippen molar-refractivity contribution >= 4 is 15.9 Å². The van der Waals surface area contributed by atoms with Crippen LogP contribution < -0.4 is 9.47 Å². The van der Waals surface area contributed by atoms with Crippen molar-refractivity contribution in [1.82, 2.24) is 4.98 Å². The van der Waals surface area contributed by atoms with E-state index >= 15 is 0 Å². The fourth-order valence-corrected chi connectivity index (χ4v) is 3.34. The summed E-state index contributed by atoms with van der Waals surface area (Å²) in [5.74, 6) is 0.394.